The molecule has 1 aliphatic heterocycles. The van der Waals surface area contributed by atoms with Gasteiger partial charge >= 0.3 is 0 Å². The Balaban J connectivity index is 1.76. The molecule has 25 heavy (non-hydrogen) atoms. The standard InChI is InChI=1S/C20H20N2O3/c1-14(23)16-8-10-17(11-9-16)22-19(24)12-18(20(22)25)21(2)13-15-6-4-3-5-7-15/h3-11,18H,12-13H2,1-2H3/t18-/m0/s1. The molecule has 2 aromatic rings. The van der Waals surface area contributed by atoms with Gasteiger partial charge in [0.15, 0.2) is 5.78 Å². The highest BCUT2D eigenvalue weighted by atomic mass is 16.2. The number of amides is 2. The molecule has 1 saturated heterocycles. The van der Waals surface area contributed by atoms with Gasteiger partial charge in [-0.15, -0.1) is 0 Å². The number of imide groups is 1. The van der Waals surface area contributed by atoms with Crippen molar-refractivity contribution < 1.29 is 14.4 Å². The summed E-state index contributed by atoms with van der Waals surface area (Å²) in [5, 5.41) is 0. The summed E-state index contributed by atoms with van der Waals surface area (Å²) in [6.07, 6.45) is 0.163. The minimum Gasteiger partial charge on any atom is -0.295 e. The number of ketones is 1. The third-order valence-corrected chi connectivity index (χ3v) is 4.46. The fourth-order valence-corrected chi connectivity index (χ4v) is 3.06. The Morgan fingerprint density at radius 1 is 1.08 bits per heavy atom. The van der Waals surface area contributed by atoms with Gasteiger partial charge in [-0.25, -0.2) is 4.90 Å². The molecule has 2 amide bonds. The van der Waals surface area contributed by atoms with Crippen molar-refractivity contribution >= 4 is 23.3 Å². The molecular weight excluding hydrogens is 316 g/mol. The average Bonchev–Trinajstić information content (AvgIpc) is 2.90. The first-order valence-electron chi connectivity index (χ1n) is 8.19. The van der Waals surface area contributed by atoms with Crippen LogP contribution >= 0.6 is 0 Å². The number of carbonyl (C=O) groups is 3. The first-order chi connectivity index (χ1) is 12.0. The highest BCUT2D eigenvalue weighted by Gasteiger charge is 2.41. The number of Topliss-reactive ketones (excluding diaryl/α,β-unsaturated/α-hetero) is 1. The Kier molecular flexibility index (Phi) is 4.76. The van der Waals surface area contributed by atoms with Gasteiger partial charge in [-0.2, -0.15) is 0 Å². The third-order valence-electron chi connectivity index (χ3n) is 4.46. The zero-order valence-electron chi connectivity index (χ0n) is 14.3. The zero-order valence-corrected chi connectivity index (χ0v) is 14.3. The maximum atomic E-state index is 12.8. The smallest absolute Gasteiger partial charge is 0.251 e. The Hall–Kier alpha value is -2.79. The van der Waals surface area contributed by atoms with Gasteiger partial charge in [0.05, 0.1) is 18.2 Å². The molecule has 0 spiro atoms. The van der Waals surface area contributed by atoms with Crippen molar-refractivity contribution in [2.75, 3.05) is 11.9 Å². The molecule has 5 nitrogen and oxygen atoms in total. The normalized spacial score (nSPS) is 17.4. The summed E-state index contributed by atoms with van der Waals surface area (Å²) >= 11 is 0. The first-order valence-corrected chi connectivity index (χ1v) is 8.19. The van der Waals surface area contributed by atoms with Gasteiger partial charge in [-0.05, 0) is 43.8 Å². The fourth-order valence-electron chi connectivity index (χ4n) is 3.06. The summed E-state index contributed by atoms with van der Waals surface area (Å²) in [5.74, 6) is -0.490. The van der Waals surface area contributed by atoms with E-state index in [4.69, 9.17) is 0 Å². The van der Waals surface area contributed by atoms with E-state index in [1.54, 1.807) is 24.3 Å². The van der Waals surface area contributed by atoms with Crippen molar-refractivity contribution in [2.45, 2.75) is 25.9 Å². The molecule has 0 N–H and O–H groups in total. The second kappa shape index (κ2) is 6.99. The molecule has 1 fully saturated rings. The second-order valence-corrected chi connectivity index (χ2v) is 6.29. The fraction of sp³-hybridized carbons (Fsp3) is 0.250. The van der Waals surface area contributed by atoms with Gasteiger partial charge in [0.1, 0.15) is 0 Å². The van der Waals surface area contributed by atoms with Crippen LogP contribution in [0.2, 0.25) is 0 Å². The number of carbonyl (C=O) groups excluding carboxylic acids is 3. The van der Waals surface area contributed by atoms with Crippen LogP contribution in [-0.4, -0.2) is 35.6 Å². The number of anilines is 1. The quantitative estimate of drug-likeness (QED) is 0.622. The summed E-state index contributed by atoms with van der Waals surface area (Å²) < 4.78 is 0. The number of nitrogens with zero attached hydrogens (tertiary/aromatic N) is 2. The largest absolute Gasteiger partial charge is 0.295 e. The predicted molar refractivity (Wildman–Crippen MR) is 95.3 cm³/mol. The van der Waals surface area contributed by atoms with Crippen LogP contribution in [0.15, 0.2) is 54.6 Å². The molecule has 1 heterocycles. The van der Waals surface area contributed by atoms with E-state index < -0.39 is 6.04 Å². The topological polar surface area (TPSA) is 57.7 Å². The van der Waals surface area contributed by atoms with E-state index in [2.05, 4.69) is 0 Å². The monoisotopic (exact) mass is 336 g/mol. The van der Waals surface area contributed by atoms with Gasteiger partial charge in [-0.1, -0.05) is 30.3 Å². The van der Waals surface area contributed by atoms with Gasteiger partial charge < -0.3 is 0 Å². The lowest BCUT2D eigenvalue weighted by Gasteiger charge is -2.23. The molecule has 0 radical (unpaired) electrons. The molecular formula is C20H20N2O3. The van der Waals surface area contributed by atoms with Crippen LogP contribution in [0.3, 0.4) is 0 Å². The third kappa shape index (κ3) is 3.51. The number of hydrogen-bond acceptors (Lipinski definition) is 4. The van der Waals surface area contributed by atoms with Gasteiger partial charge in [-0.3, -0.25) is 19.3 Å². The maximum Gasteiger partial charge on any atom is 0.251 e. The number of rotatable bonds is 5. The van der Waals surface area contributed by atoms with Crippen LogP contribution in [0, 0.1) is 0 Å². The summed E-state index contributed by atoms with van der Waals surface area (Å²) in [6, 6.07) is 15.9. The molecule has 0 aromatic heterocycles. The lowest BCUT2D eigenvalue weighted by Crippen LogP contribution is -2.39. The summed E-state index contributed by atoms with van der Waals surface area (Å²) in [5.41, 5.74) is 2.16. The zero-order chi connectivity index (χ0) is 18.0. The van der Waals surface area contributed by atoms with Crippen molar-refractivity contribution in [2.24, 2.45) is 0 Å². The lowest BCUT2D eigenvalue weighted by molar-refractivity contribution is -0.122. The van der Waals surface area contributed by atoms with E-state index in [0.717, 1.165) is 5.56 Å². The number of benzene rings is 2. The highest BCUT2D eigenvalue weighted by molar-refractivity contribution is 6.22. The van der Waals surface area contributed by atoms with E-state index in [0.29, 0.717) is 17.8 Å². The van der Waals surface area contributed by atoms with E-state index in [-0.39, 0.29) is 24.0 Å². The van der Waals surface area contributed by atoms with Crippen molar-refractivity contribution in [1.29, 1.82) is 0 Å². The summed E-state index contributed by atoms with van der Waals surface area (Å²) in [7, 11) is 1.85. The van der Waals surface area contributed by atoms with Crippen LogP contribution in [-0.2, 0) is 16.1 Å². The molecule has 0 aliphatic carbocycles. The highest BCUT2D eigenvalue weighted by Crippen LogP contribution is 2.26. The number of likely N-dealkylation sites (N-methyl/N-ethyl adjacent to an activating group) is 1. The molecule has 1 atom stereocenters. The van der Waals surface area contributed by atoms with E-state index in [9.17, 15) is 14.4 Å². The Bertz CT molecular complexity index is 799. The molecule has 2 aromatic carbocycles. The molecule has 0 bridgehead atoms. The molecule has 0 saturated carbocycles. The minimum absolute atomic E-state index is 0.0499. The number of hydrogen-bond donors (Lipinski definition) is 0. The Morgan fingerprint density at radius 2 is 1.72 bits per heavy atom. The molecule has 3 rings (SSSR count). The van der Waals surface area contributed by atoms with Crippen LogP contribution in [0.5, 0.6) is 0 Å². The van der Waals surface area contributed by atoms with Gasteiger partial charge in [0.2, 0.25) is 5.91 Å². The van der Waals surface area contributed by atoms with Crippen LogP contribution in [0.25, 0.3) is 0 Å². The van der Waals surface area contributed by atoms with Crippen molar-refractivity contribution in [1.82, 2.24) is 4.90 Å². The minimum atomic E-state index is -0.472. The Morgan fingerprint density at radius 3 is 2.32 bits per heavy atom. The van der Waals surface area contributed by atoms with Gasteiger partial charge in [0.25, 0.3) is 5.91 Å². The van der Waals surface area contributed by atoms with Crippen molar-refractivity contribution in [3.8, 4) is 0 Å². The van der Waals surface area contributed by atoms with E-state index in [1.165, 1.54) is 11.8 Å². The molecule has 0 unspecified atom stereocenters. The van der Waals surface area contributed by atoms with Crippen LogP contribution in [0.4, 0.5) is 5.69 Å². The predicted octanol–water partition coefficient (Wildman–Crippen LogP) is 2.65. The molecule has 1 aliphatic rings. The van der Waals surface area contributed by atoms with Crippen LogP contribution in [0.1, 0.15) is 29.3 Å². The van der Waals surface area contributed by atoms with E-state index >= 15 is 0 Å². The second-order valence-electron chi connectivity index (χ2n) is 6.29. The summed E-state index contributed by atoms with van der Waals surface area (Å²) in [4.78, 5) is 39.6. The average molecular weight is 336 g/mol. The van der Waals surface area contributed by atoms with Crippen LogP contribution < -0.4 is 4.90 Å². The maximum absolute atomic E-state index is 12.8. The summed E-state index contributed by atoms with van der Waals surface area (Å²) in [6.45, 7) is 2.08. The first kappa shape index (κ1) is 17.0. The van der Waals surface area contributed by atoms with Crippen molar-refractivity contribution in [3.63, 3.8) is 0 Å². The van der Waals surface area contributed by atoms with Crippen molar-refractivity contribution in [3.05, 3.63) is 65.7 Å². The Labute approximate surface area is 146 Å². The molecule has 5 heteroatoms. The molecule has 128 valence electrons. The van der Waals surface area contributed by atoms with Gasteiger partial charge in [0, 0.05) is 12.1 Å². The van der Waals surface area contributed by atoms with E-state index in [1.807, 2.05) is 42.3 Å². The lowest BCUT2D eigenvalue weighted by atomic mass is 10.1. The SMILES string of the molecule is CC(=O)c1ccc(N2C(=O)C[C@H](N(C)Cc3ccccc3)C2=O)cc1.